The minimum Gasteiger partial charge on any atom is -0.312 e. The van der Waals surface area contributed by atoms with E-state index in [9.17, 15) is 13.2 Å². The smallest absolute Gasteiger partial charge is 0.240 e. The van der Waals surface area contributed by atoms with Gasteiger partial charge in [0, 0.05) is 25.2 Å². The van der Waals surface area contributed by atoms with E-state index in [1.807, 2.05) is 0 Å². The maximum Gasteiger partial charge on any atom is 0.240 e. The Bertz CT molecular complexity index is 635. The summed E-state index contributed by atoms with van der Waals surface area (Å²) in [5.74, 6) is -0.00883. The standard InChI is InChI=1S/C13H16N2O3S/c1-9(16)15-7-6-10-8-12(4-5-13(10)15)19(17,18)14-11-2-3-11/h4-5,8,11,14H,2-3,6-7H2,1H3. The van der Waals surface area contributed by atoms with E-state index in [0.29, 0.717) is 17.9 Å². The molecule has 1 amide bonds. The highest BCUT2D eigenvalue weighted by molar-refractivity contribution is 7.89. The molecule has 0 saturated heterocycles. The number of nitrogens with one attached hydrogen (secondary N) is 1. The summed E-state index contributed by atoms with van der Waals surface area (Å²) in [6.45, 7) is 2.15. The molecule has 0 aromatic heterocycles. The highest BCUT2D eigenvalue weighted by Gasteiger charge is 2.29. The molecule has 1 fully saturated rings. The fourth-order valence-electron chi connectivity index (χ4n) is 2.36. The summed E-state index contributed by atoms with van der Waals surface area (Å²) in [6.07, 6.45) is 2.55. The zero-order valence-electron chi connectivity index (χ0n) is 10.7. The Labute approximate surface area is 112 Å². The predicted molar refractivity (Wildman–Crippen MR) is 71.5 cm³/mol. The first-order valence-electron chi connectivity index (χ1n) is 6.41. The van der Waals surface area contributed by atoms with Crippen LogP contribution in [0.1, 0.15) is 25.3 Å². The first-order valence-corrected chi connectivity index (χ1v) is 7.89. The summed E-state index contributed by atoms with van der Waals surface area (Å²) in [6, 6.07) is 5.09. The first kappa shape index (κ1) is 12.6. The largest absolute Gasteiger partial charge is 0.312 e. The monoisotopic (exact) mass is 280 g/mol. The van der Waals surface area contributed by atoms with Gasteiger partial charge < -0.3 is 4.90 Å². The van der Waals surface area contributed by atoms with Crippen molar-refractivity contribution in [1.29, 1.82) is 0 Å². The Kier molecular flexibility index (Phi) is 2.87. The highest BCUT2D eigenvalue weighted by Crippen LogP contribution is 2.31. The van der Waals surface area contributed by atoms with Crippen LogP contribution >= 0.6 is 0 Å². The van der Waals surface area contributed by atoms with Crippen LogP contribution in [0.15, 0.2) is 23.1 Å². The van der Waals surface area contributed by atoms with E-state index in [0.717, 1.165) is 24.1 Å². The van der Waals surface area contributed by atoms with Crippen molar-refractivity contribution in [3.63, 3.8) is 0 Å². The lowest BCUT2D eigenvalue weighted by Gasteiger charge is -2.15. The molecular formula is C13H16N2O3S. The fourth-order valence-corrected chi connectivity index (χ4v) is 3.72. The molecule has 1 saturated carbocycles. The second-order valence-electron chi connectivity index (χ2n) is 5.11. The Hall–Kier alpha value is -1.40. The molecule has 6 heteroatoms. The Morgan fingerprint density at radius 3 is 2.74 bits per heavy atom. The van der Waals surface area contributed by atoms with Crippen molar-refractivity contribution in [2.45, 2.75) is 37.1 Å². The molecule has 1 aromatic rings. The second kappa shape index (κ2) is 4.31. The maximum atomic E-state index is 12.1. The predicted octanol–water partition coefficient (Wildman–Crippen LogP) is 1.04. The van der Waals surface area contributed by atoms with Crippen LogP contribution in [0.4, 0.5) is 5.69 Å². The lowest BCUT2D eigenvalue weighted by atomic mass is 10.2. The van der Waals surface area contributed by atoms with E-state index >= 15 is 0 Å². The van der Waals surface area contributed by atoms with Crippen molar-refractivity contribution in [2.75, 3.05) is 11.4 Å². The number of carbonyl (C=O) groups is 1. The van der Waals surface area contributed by atoms with Gasteiger partial charge in [0.2, 0.25) is 15.9 Å². The van der Waals surface area contributed by atoms with Crippen molar-refractivity contribution in [2.24, 2.45) is 0 Å². The van der Waals surface area contributed by atoms with E-state index in [1.165, 1.54) is 6.92 Å². The number of hydrogen-bond acceptors (Lipinski definition) is 3. The highest BCUT2D eigenvalue weighted by atomic mass is 32.2. The average molecular weight is 280 g/mol. The first-order chi connectivity index (χ1) is 8.97. The zero-order valence-corrected chi connectivity index (χ0v) is 11.5. The summed E-state index contributed by atoms with van der Waals surface area (Å²) in [5, 5.41) is 0. The van der Waals surface area contributed by atoms with Crippen molar-refractivity contribution in [3.8, 4) is 0 Å². The molecule has 1 aliphatic carbocycles. The van der Waals surface area contributed by atoms with Gasteiger partial charge in [-0.05, 0) is 43.0 Å². The minimum absolute atomic E-state index is 0.00883. The van der Waals surface area contributed by atoms with Gasteiger partial charge in [-0.25, -0.2) is 13.1 Å². The lowest BCUT2D eigenvalue weighted by molar-refractivity contribution is -0.116. The molecule has 0 atom stereocenters. The summed E-state index contributed by atoms with van der Waals surface area (Å²) < 4.78 is 26.9. The third-order valence-corrected chi connectivity index (χ3v) is 5.05. The van der Waals surface area contributed by atoms with Gasteiger partial charge in [0.25, 0.3) is 0 Å². The lowest BCUT2D eigenvalue weighted by Crippen LogP contribution is -2.26. The molecule has 0 spiro atoms. The molecule has 0 bridgehead atoms. The molecule has 5 nitrogen and oxygen atoms in total. The van der Waals surface area contributed by atoms with E-state index in [2.05, 4.69) is 4.72 Å². The molecule has 1 N–H and O–H groups in total. The van der Waals surface area contributed by atoms with Gasteiger partial charge in [-0.1, -0.05) is 0 Å². The van der Waals surface area contributed by atoms with Crippen LogP contribution in [0.3, 0.4) is 0 Å². The van der Waals surface area contributed by atoms with Gasteiger partial charge >= 0.3 is 0 Å². The van der Waals surface area contributed by atoms with Gasteiger partial charge in [-0.15, -0.1) is 0 Å². The normalized spacial score (nSPS) is 18.5. The molecule has 1 aromatic carbocycles. The number of nitrogens with zero attached hydrogens (tertiary/aromatic N) is 1. The number of sulfonamides is 1. The van der Waals surface area contributed by atoms with Crippen LogP contribution in [-0.4, -0.2) is 26.9 Å². The minimum atomic E-state index is -3.41. The molecule has 1 aliphatic heterocycles. The molecular weight excluding hydrogens is 264 g/mol. The summed E-state index contributed by atoms with van der Waals surface area (Å²) >= 11 is 0. The number of fused-ring (bicyclic) bond motifs is 1. The number of carbonyl (C=O) groups excluding carboxylic acids is 1. The molecule has 0 unspecified atom stereocenters. The number of hydrogen-bond donors (Lipinski definition) is 1. The number of anilines is 1. The molecule has 3 rings (SSSR count). The van der Waals surface area contributed by atoms with Crippen molar-refractivity contribution < 1.29 is 13.2 Å². The van der Waals surface area contributed by atoms with Gasteiger partial charge in [0.05, 0.1) is 4.90 Å². The van der Waals surface area contributed by atoms with Gasteiger partial charge in [0.15, 0.2) is 0 Å². The summed E-state index contributed by atoms with van der Waals surface area (Å²) in [5.41, 5.74) is 1.76. The summed E-state index contributed by atoms with van der Waals surface area (Å²) in [4.78, 5) is 13.4. The molecule has 0 radical (unpaired) electrons. The molecule has 2 aliphatic rings. The van der Waals surface area contributed by atoms with E-state index in [-0.39, 0.29) is 11.9 Å². The third-order valence-electron chi connectivity index (χ3n) is 3.54. The van der Waals surface area contributed by atoms with Crippen molar-refractivity contribution in [1.82, 2.24) is 4.72 Å². The van der Waals surface area contributed by atoms with Crippen LogP contribution in [0.2, 0.25) is 0 Å². The van der Waals surface area contributed by atoms with Gasteiger partial charge in [0.1, 0.15) is 0 Å². The fraction of sp³-hybridized carbons (Fsp3) is 0.462. The van der Waals surface area contributed by atoms with Crippen LogP contribution in [-0.2, 0) is 21.2 Å². The van der Waals surface area contributed by atoms with Gasteiger partial charge in [-0.2, -0.15) is 0 Å². The maximum absolute atomic E-state index is 12.1. The quantitative estimate of drug-likeness (QED) is 0.899. The Morgan fingerprint density at radius 2 is 2.11 bits per heavy atom. The third kappa shape index (κ3) is 2.37. The van der Waals surface area contributed by atoms with Crippen LogP contribution < -0.4 is 9.62 Å². The molecule has 1 heterocycles. The molecule has 19 heavy (non-hydrogen) atoms. The summed E-state index contributed by atoms with van der Waals surface area (Å²) in [7, 11) is -3.41. The number of rotatable bonds is 3. The van der Waals surface area contributed by atoms with Crippen molar-refractivity contribution >= 4 is 21.6 Å². The Morgan fingerprint density at radius 1 is 1.37 bits per heavy atom. The van der Waals surface area contributed by atoms with Gasteiger partial charge in [-0.3, -0.25) is 4.79 Å². The number of benzene rings is 1. The van der Waals surface area contributed by atoms with E-state index in [1.54, 1.807) is 23.1 Å². The Balaban J connectivity index is 1.92. The number of amides is 1. The van der Waals surface area contributed by atoms with Crippen LogP contribution in [0.25, 0.3) is 0 Å². The SMILES string of the molecule is CC(=O)N1CCc2cc(S(=O)(=O)NC3CC3)ccc21. The zero-order chi connectivity index (χ0) is 13.6. The van der Waals surface area contributed by atoms with E-state index < -0.39 is 10.0 Å². The van der Waals surface area contributed by atoms with E-state index in [4.69, 9.17) is 0 Å². The second-order valence-corrected chi connectivity index (χ2v) is 6.82. The topological polar surface area (TPSA) is 66.5 Å². The van der Waals surface area contributed by atoms with Crippen molar-refractivity contribution in [3.05, 3.63) is 23.8 Å². The van der Waals surface area contributed by atoms with Crippen LogP contribution in [0.5, 0.6) is 0 Å². The molecule has 102 valence electrons. The van der Waals surface area contributed by atoms with Crippen LogP contribution in [0, 0.1) is 0 Å². The average Bonchev–Trinajstić information content (AvgIpc) is 3.04.